The molecule has 0 saturated carbocycles. The summed E-state index contributed by atoms with van der Waals surface area (Å²) < 4.78 is 51.4. The molecule has 2 aromatic rings. The number of amides is 1. The molecular weight excluding hydrogens is 375 g/mol. The van der Waals surface area contributed by atoms with Crippen molar-refractivity contribution in [2.75, 3.05) is 19.8 Å². The van der Waals surface area contributed by atoms with E-state index in [4.69, 9.17) is 15.2 Å². The lowest BCUT2D eigenvalue weighted by molar-refractivity contribution is -0.119. The first kappa shape index (κ1) is 19.1. The Balaban J connectivity index is 1.75. The fraction of sp³-hybridized carbons (Fsp3) is 0.278. The topological polar surface area (TPSA) is 108 Å². The van der Waals surface area contributed by atoms with Gasteiger partial charge in [-0.25, -0.2) is 17.5 Å². The van der Waals surface area contributed by atoms with Crippen LogP contribution in [0.3, 0.4) is 0 Å². The fourth-order valence-electron chi connectivity index (χ4n) is 2.85. The van der Waals surface area contributed by atoms with Crippen molar-refractivity contribution in [1.82, 2.24) is 4.72 Å². The molecule has 0 aliphatic carbocycles. The number of nitrogens with two attached hydrogens (primary N) is 1. The predicted octanol–water partition coefficient (Wildman–Crippen LogP) is 1.53. The molecule has 7 nitrogen and oxygen atoms in total. The number of ether oxygens (including phenoxy) is 2. The lowest BCUT2D eigenvalue weighted by Crippen LogP contribution is -2.31. The van der Waals surface area contributed by atoms with E-state index < -0.39 is 21.7 Å². The van der Waals surface area contributed by atoms with Gasteiger partial charge in [0, 0.05) is 18.0 Å². The van der Waals surface area contributed by atoms with E-state index in [9.17, 15) is 17.6 Å². The Morgan fingerprint density at radius 3 is 2.70 bits per heavy atom. The molecule has 9 heteroatoms. The van der Waals surface area contributed by atoms with Gasteiger partial charge >= 0.3 is 0 Å². The normalized spacial score (nSPS) is 16.3. The molecule has 144 valence electrons. The van der Waals surface area contributed by atoms with Crippen LogP contribution in [0.15, 0.2) is 47.4 Å². The minimum Gasteiger partial charge on any atom is -0.489 e. The summed E-state index contributed by atoms with van der Waals surface area (Å²) in [6.07, 6.45) is 0.609. The van der Waals surface area contributed by atoms with Gasteiger partial charge in [-0.05, 0) is 36.8 Å². The minimum atomic E-state index is -3.76. The number of carbonyl (C=O) groups is 1. The molecule has 3 rings (SSSR count). The van der Waals surface area contributed by atoms with Crippen molar-refractivity contribution in [3.63, 3.8) is 0 Å². The van der Waals surface area contributed by atoms with Crippen molar-refractivity contribution in [3.8, 4) is 11.5 Å². The molecule has 1 unspecified atom stereocenters. The summed E-state index contributed by atoms with van der Waals surface area (Å²) in [5.41, 5.74) is 5.88. The van der Waals surface area contributed by atoms with E-state index in [-0.39, 0.29) is 24.0 Å². The third-order valence-corrected chi connectivity index (χ3v) is 5.61. The average molecular weight is 394 g/mol. The van der Waals surface area contributed by atoms with E-state index in [0.717, 1.165) is 17.7 Å². The van der Waals surface area contributed by atoms with Crippen LogP contribution in [0.2, 0.25) is 0 Å². The Hall–Kier alpha value is -2.65. The van der Waals surface area contributed by atoms with Crippen LogP contribution in [-0.2, 0) is 14.8 Å². The number of nitrogens with one attached hydrogen (secondary N) is 1. The molecule has 0 saturated heterocycles. The second-order valence-electron chi connectivity index (χ2n) is 6.07. The standard InChI is InChI=1S/C18H19FN2O5S/c19-13-4-6-14(7-5-13)27(23,24)21-10-12-8-9-25-18-15(12)2-1-3-16(18)26-11-17(20)22/h1-7,12,21H,8-11H2,(H2,20,22). The van der Waals surface area contributed by atoms with Gasteiger partial charge in [0.05, 0.1) is 11.5 Å². The molecule has 0 radical (unpaired) electrons. The van der Waals surface area contributed by atoms with E-state index in [2.05, 4.69) is 4.72 Å². The molecule has 0 spiro atoms. The van der Waals surface area contributed by atoms with Crippen LogP contribution in [0.4, 0.5) is 4.39 Å². The highest BCUT2D eigenvalue weighted by atomic mass is 32.2. The first-order valence-corrected chi connectivity index (χ1v) is 9.77. The number of hydrogen-bond donors (Lipinski definition) is 2. The van der Waals surface area contributed by atoms with Crippen LogP contribution in [0.5, 0.6) is 11.5 Å². The Kier molecular flexibility index (Phi) is 5.62. The van der Waals surface area contributed by atoms with E-state index in [1.165, 1.54) is 12.1 Å². The largest absolute Gasteiger partial charge is 0.489 e. The maximum atomic E-state index is 13.0. The van der Waals surface area contributed by atoms with Crippen LogP contribution in [0.25, 0.3) is 0 Å². The first-order chi connectivity index (χ1) is 12.9. The van der Waals surface area contributed by atoms with Gasteiger partial charge in [-0.2, -0.15) is 0 Å². The highest BCUT2D eigenvalue weighted by Crippen LogP contribution is 2.40. The van der Waals surface area contributed by atoms with Crippen molar-refractivity contribution >= 4 is 15.9 Å². The number of sulfonamides is 1. The lowest BCUT2D eigenvalue weighted by atomic mass is 9.93. The zero-order valence-electron chi connectivity index (χ0n) is 14.4. The first-order valence-electron chi connectivity index (χ1n) is 8.29. The second kappa shape index (κ2) is 7.93. The molecule has 1 aliphatic heterocycles. The number of rotatable bonds is 7. The monoisotopic (exact) mass is 394 g/mol. The maximum Gasteiger partial charge on any atom is 0.255 e. The molecule has 1 amide bonds. The van der Waals surface area contributed by atoms with Gasteiger partial charge in [0.1, 0.15) is 5.82 Å². The van der Waals surface area contributed by atoms with E-state index in [1.807, 2.05) is 6.07 Å². The minimum absolute atomic E-state index is 0.00488. The number of para-hydroxylation sites is 1. The number of carbonyl (C=O) groups excluding carboxylic acids is 1. The van der Waals surface area contributed by atoms with Crippen molar-refractivity contribution in [1.29, 1.82) is 0 Å². The summed E-state index contributed by atoms with van der Waals surface area (Å²) >= 11 is 0. The average Bonchev–Trinajstić information content (AvgIpc) is 2.65. The zero-order valence-corrected chi connectivity index (χ0v) is 15.2. The third-order valence-electron chi connectivity index (χ3n) is 4.18. The summed E-state index contributed by atoms with van der Waals surface area (Å²) in [7, 11) is -3.76. The van der Waals surface area contributed by atoms with Crippen molar-refractivity contribution in [2.24, 2.45) is 5.73 Å². The third kappa shape index (κ3) is 4.55. The lowest BCUT2D eigenvalue weighted by Gasteiger charge is -2.27. The Morgan fingerprint density at radius 2 is 2.00 bits per heavy atom. The summed E-state index contributed by atoms with van der Waals surface area (Å²) in [6.45, 7) is 0.254. The Labute approximate surface area is 156 Å². The molecule has 3 N–H and O–H groups in total. The van der Waals surface area contributed by atoms with E-state index >= 15 is 0 Å². The molecule has 1 heterocycles. The summed E-state index contributed by atoms with van der Waals surface area (Å²) in [5.74, 6) is -0.378. The second-order valence-corrected chi connectivity index (χ2v) is 7.84. The van der Waals surface area contributed by atoms with Gasteiger partial charge in [0.15, 0.2) is 18.1 Å². The number of hydrogen-bond acceptors (Lipinski definition) is 5. The fourth-order valence-corrected chi connectivity index (χ4v) is 3.93. The molecule has 1 aliphatic rings. The van der Waals surface area contributed by atoms with Gasteiger partial charge in [-0.1, -0.05) is 12.1 Å². The van der Waals surface area contributed by atoms with Gasteiger partial charge in [-0.3, -0.25) is 4.79 Å². The SMILES string of the molecule is NC(=O)COc1cccc2c1OCCC2CNS(=O)(=O)c1ccc(F)cc1. The molecule has 0 bridgehead atoms. The summed E-state index contributed by atoms with van der Waals surface area (Å²) in [4.78, 5) is 10.9. The number of fused-ring (bicyclic) bond motifs is 1. The van der Waals surface area contributed by atoms with Gasteiger partial charge in [0.2, 0.25) is 10.0 Å². The predicted molar refractivity (Wildman–Crippen MR) is 95.6 cm³/mol. The zero-order chi connectivity index (χ0) is 19.4. The molecular formula is C18H19FN2O5S. The van der Waals surface area contributed by atoms with Crippen LogP contribution >= 0.6 is 0 Å². The van der Waals surface area contributed by atoms with Crippen LogP contribution in [0.1, 0.15) is 17.9 Å². The van der Waals surface area contributed by atoms with Crippen LogP contribution in [0, 0.1) is 5.82 Å². The smallest absolute Gasteiger partial charge is 0.255 e. The number of halogens is 1. The van der Waals surface area contributed by atoms with Crippen LogP contribution in [-0.4, -0.2) is 34.1 Å². The van der Waals surface area contributed by atoms with E-state index in [0.29, 0.717) is 24.5 Å². The molecule has 1 atom stereocenters. The quantitative estimate of drug-likeness (QED) is 0.741. The number of benzene rings is 2. The van der Waals surface area contributed by atoms with Gasteiger partial charge < -0.3 is 15.2 Å². The molecule has 27 heavy (non-hydrogen) atoms. The number of primary amides is 1. The van der Waals surface area contributed by atoms with E-state index in [1.54, 1.807) is 12.1 Å². The Morgan fingerprint density at radius 1 is 1.26 bits per heavy atom. The van der Waals surface area contributed by atoms with Crippen LogP contribution < -0.4 is 19.9 Å². The summed E-state index contributed by atoms with van der Waals surface area (Å²) in [6, 6.07) is 9.85. The highest BCUT2D eigenvalue weighted by molar-refractivity contribution is 7.89. The summed E-state index contributed by atoms with van der Waals surface area (Å²) in [5, 5.41) is 0. The maximum absolute atomic E-state index is 13.0. The van der Waals surface area contributed by atoms with Gasteiger partial charge in [0.25, 0.3) is 5.91 Å². The van der Waals surface area contributed by atoms with Crippen molar-refractivity contribution in [2.45, 2.75) is 17.2 Å². The van der Waals surface area contributed by atoms with Gasteiger partial charge in [-0.15, -0.1) is 0 Å². The Bertz CT molecular complexity index is 931. The van der Waals surface area contributed by atoms with Crippen molar-refractivity contribution < 1.29 is 27.1 Å². The van der Waals surface area contributed by atoms with Crippen molar-refractivity contribution in [3.05, 3.63) is 53.8 Å². The molecule has 2 aromatic carbocycles. The molecule has 0 fully saturated rings. The highest BCUT2D eigenvalue weighted by Gasteiger charge is 2.26. The molecule has 0 aromatic heterocycles.